The quantitative estimate of drug-likeness (QED) is 0.0169. The second-order valence-electron chi connectivity index (χ2n) is 25.5. The van der Waals surface area contributed by atoms with Gasteiger partial charge in [-0.2, -0.15) is 0 Å². The van der Waals surface area contributed by atoms with Crippen molar-refractivity contribution < 1.29 is 80.2 Å². The fourth-order valence-electron chi connectivity index (χ4n) is 9.92. The summed E-state index contributed by atoms with van der Waals surface area (Å²) in [6.45, 7) is 4.47. The first kappa shape index (κ1) is 96.9. The van der Waals surface area contributed by atoms with Crippen LogP contribution in [0.25, 0.3) is 0 Å². The van der Waals surface area contributed by atoms with Gasteiger partial charge in [0.2, 0.25) is 0 Å². The Morgan fingerprint density at radius 3 is 0.882 bits per heavy atom. The van der Waals surface area contributed by atoms with Gasteiger partial charge in [0.15, 0.2) is 12.2 Å². The van der Waals surface area contributed by atoms with Gasteiger partial charge in [0.1, 0.15) is 19.3 Å². The Morgan fingerprint density at radius 1 is 0.284 bits per heavy atom. The highest BCUT2D eigenvalue weighted by molar-refractivity contribution is 7.47. The molecule has 0 rings (SSSR count). The number of unbranched alkanes of at least 4 members (excludes halogenated alkanes) is 22. The Bertz CT molecular complexity index is 2510. The average Bonchev–Trinajstić information content (AvgIpc) is 0.939. The third-order valence-electron chi connectivity index (χ3n) is 15.8. The summed E-state index contributed by atoms with van der Waals surface area (Å²) >= 11 is 0. The smallest absolute Gasteiger partial charge is 0.462 e. The molecule has 0 aromatic heterocycles. The lowest BCUT2D eigenvalue weighted by atomic mass is 10.1. The first-order valence-electron chi connectivity index (χ1n) is 39.1. The van der Waals surface area contributed by atoms with E-state index in [1.54, 1.807) is 0 Å². The Balaban J connectivity index is 5.45. The highest BCUT2D eigenvalue weighted by Gasteiger charge is 2.30. The highest BCUT2D eigenvalue weighted by atomic mass is 31.2. The van der Waals surface area contributed by atoms with E-state index in [-0.39, 0.29) is 25.7 Å². The van der Waals surface area contributed by atoms with Gasteiger partial charge in [0.05, 0.1) is 26.4 Å². The molecular weight excluding hydrogens is 1330 g/mol. The van der Waals surface area contributed by atoms with E-state index in [0.717, 1.165) is 128 Å². The molecule has 0 aliphatic carbocycles. The Morgan fingerprint density at radius 2 is 0.539 bits per heavy atom. The van der Waals surface area contributed by atoms with Crippen LogP contribution in [-0.2, 0) is 65.4 Å². The van der Waals surface area contributed by atoms with Crippen LogP contribution in [0.3, 0.4) is 0 Å². The normalized spacial score (nSPS) is 14.7. The van der Waals surface area contributed by atoms with Crippen molar-refractivity contribution in [2.45, 2.75) is 316 Å². The SMILES string of the molecule is CC/C=C\C/C=C\C/C=C\C/C=C\C/C=C\C/C=C\CCC(=O)OCC(COP(=O)(O)OCC(O)COP(=O)(O)OCC(COC(=O)CCC/C=C\C/C=C\C/C=C\C/C=C\C/C=C\CC)OC(=O)CCCCCCCCCCCCC)OC(=O)CCCCCCC/C=C\CCCCCCCC. The number of phosphoric ester groups is 2. The van der Waals surface area contributed by atoms with Crippen molar-refractivity contribution >= 4 is 39.5 Å². The zero-order valence-corrected chi connectivity index (χ0v) is 65.3. The van der Waals surface area contributed by atoms with Gasteiger partial charge < -0.3 is 33.8 Å². The third kappa shape index (κ3) is 73.3. The molecule has 3 N–H and O–H groups in total. The van der Waals surface area contributed by atoms with Crippen LogP contribution in [0.1, 0.15) is 297 Å². The van der Waals surface area contributed by atoms with Crippen molar-refractivity contribution in [3.8, 4) is 0 Å². The van der Waals surface area contributed by atoms with E-state index in [2.05, 4.69) is 143 Å². The Labute approximate surface area is 617 Å². The number of ether oxygens (including phenoxy) is 4. The molecule has 0 aromatic carbocycles. The summed E-state index contributed by atoms with van der Waals surface area (Å²) in [5.41, 5.74) is 0. The van der Waals surface area contributed by atoms with Gasteiger partial charge in [-0.25, -0.2) is 9.13 Å². The summed E-state index contributed by atoms with van der Waals surface area (Å²) in [5.74, 6) is -2.35. The van der Waals surface area contributed by atoms with E-state index in [1.165, 1.54) is 77.0 Å². The number of aliphatic hydroxyl groups is 1. The average molecular weight is 1470 g/mol. The fraction of sp³-hybridized carbons (Fsp3) is 0.663. The van der Waals surface area contributed by atoms with E-state index < -0.39 is 97.5 Å². The van der Waals surface area contributed by atoms with E-state index in [9.17, 15) is 43.2 Å². The van der Waals surface area contributed by atoms with Gasteiger partial charge in [0.25, 0.3) is 0 Å². The maximum absolute atomic E-state index is 13.1. The van der Waals surface area contributed by atoms with Gasteiger partial charge >= 0.3 is 39.5 Å². The molecule has 0 saturated carbocycles. The number of hydrogen-bond donors (Lipinski definition) is 3. The summed E-state index contributed by atoms with van der Waals surface area (Å²) in [5, 5.41) is 10.6. The third-order valence-corrected chi connectivity index (χ3v) is 17.7. The fourth-order valence-corrected chi connectivity index (χ4v) is 11.5. The molecule has 0 saturated heterocycles. The molecule has 17 nitrogen and oxygen atoms in total. The molecule has 19 heteroatoms. The molecule has 102 heavy (non-hydrogen) atoms. The molecule has 0 aliphatic heterocycles. The van der Waals surface area contributed by atoms with Crippen LogP contribution in [0.2, 0.25) is 0 Å². The Kier molecular flexibility index (Phi) is 70.5. The highest BCUT2D eigenvalue weighted by Crippen LogP contribution is 2.45. The molecule has 582 valence electrons. The van der Waals surface area contributed by atoms with Crippen LogP contribution in [0.5, 0.6) is 0 Å². The van der Waals surface area contributed by atoms with Gasteiger partial charge in [-0.1, -0.05) is 289 Å². The van der Waals surface area contributed by atoms with E-state index in [1.807, 2.05) is 30.4 Å². The van der Waals surface area contributed by atoms with E-state index >= 15 is 0 Å². The van der Waals surface area contributed by atoms with Crippen molar-refractivity contribution in [1.29, 1.82) is 0 Å². The van der Waals surface area contributed by atoms with Gasteiger partial charge in [-0.3, -0.25) is 37.3 Å². The molecule has 0 fully saturated rings. The number of hydrogen-bond acceptors (Lipinski definition) is 15. The minimum Gasteiger partial charge on any atom is -0.462 e. The van der Waals surface area contributed by atoms with Gasteiger partial charge in [0, 0.05) is 25.7 Å². The summed E-state index contributed by atoms with van der Waals surface area (Å²) in [7, 11) is -9.99. The van der Waals surface area contributed by atoms with Crippen LogP contribution in [0.15, 0.2) is 146 Å². The lowest BCUT2D eigenvalue weighted by Crippen LogP contribution is -2.30. The number of carbonyl (C=O) groups excluding carboxylic acids is 4. The van der Waals surface area contributed by atoms with E-state index in [0.29, 0.717) is 38.5 Å². The van der Waals surface area contributed by atoms with E-state index in [4.69, 9.17) is 37.0 Å². The summed E-state index contributed by atoms with van der Waals surface area (Å²) < 4.78 is 68.4. The second kappa shape index (κ2) is 74.2. The van der Waals surface area contributed by atoms with Gasteiger partial charge in [-0.05, 0) is 128 Å². The number of aliphatic hydroxyl groups excluding tert-OH is 1. The lowest BCUT2D eigenvalue weighted by molar-refractivity contribution is -0.161. The van der Waals surface area contributed by atoms with Crippen LogP contribution in [0, 0.1) is 0 Å². The predicted octanol–water partition coefficient (Wildman–Crippen LogP) is 22.7. The first-order chi connectivity index (χ1) is 49.7. The van der Waals surface area contributed by atoms with Crippen molar-refractivity contribution in [1.82, 2.24) is 0 Å². The number of esters is 4. The topological polar surface area (TPSA) is 237 Å². The summed E-state index contributed by atoms with van der Waals surface area (Å²) in [4.78, 5) is 72.8. The number of carbonyl (C=O) groups is 4. The minimum atomic E-state index is -5.00. The molecule has 0 amide bonds. The van der Waals surface area contributed by atoms with Crippen LogP contribution in [0.4, 0.5) is 0 Å². The van der Waals surface area contributed by atoms with Crippen LogP contribution >= 0.6 is 15.6 Å². The Hall–Kier alpha value is -5.06. The summed E-state index contributed by atoms with van der Waals surface area (Å²) in [6.07, 6.45) is 84.3. The van der Waals surface area contributed by atoms with Crippen molar-refractivity contribution in [3.63, 3.8) is 0 Å². The minimum absolute atomic E-state index is 0.0306. The number of phosphoric acid groups is 2. The summed E-state index contributed by atoms with van der Waals surface area (Å²) in [6, 6.07) is 0. The van der Waals surface area contributed by atoms with Crippen molar-refractivity contribution in [2.24, 2.45) is 0 Å². The molecule has 0 aromatic rings. The zero-order valence-electron chi connectivity index (χ0n) is 63.5. The van der Waals surface area contributed by atoms with Crippen molar-refractivity contribution in [3.05, 3.63) is 146 Å². The molecule has 0 aliphatic rings. The molecule has 5 atom stereocenters. The largest absolute Gasteiger partial charge is 0.472 e. The molecule has 0 radical (unpaired) electrons. The maximum atomic E-state index is 13.1. The monoisotopic (exact) mass is 1470 g/mol. The molecule has 0 spiro atoms. The second-order valence-corrected chi connectivity index (χ2v) is 28.4. The molecule has 0 heterocycles. The molecule has 5 unspecified atom stereocenters. The van der Waals surface area contributed by atoms with Crippen LogP contribution in [-0.4, -0.2) is 96.7 Å². The number of allylic oxidation sites excluding steroid dienone is 24. The van der Waals surface area contributed by atoms with Gasteiger partial charge in [-0.15, -0.1) is 0 Å². The standard InChI is InChI=1S/C83H138O17P2/c1-5-9-13-17-21-25-29-32-35-37-38-40-43-45-49-52-56-60-64-68-81(86)94-74-79(100-83(88)70-66-62-58-54-50-46-41-34-31-27-23-19-15-11-7-3)76-98-102(91,92)96-72-77(84)71-95-101(89,90)97-75-78(99-82(87)69-65-61-57-53-47-28-24-20-16-12-8-4)73-93-80(85)67-63-59-55-51-48-44-42-39-36-33-30-26-22-18-14-10-6-2/h9-10,13-14,21-22,25-26,32-36,38,40-42,44-45,49,51,55-56,60,77-79,84H,5-8,11-12,15-20,23-24,27-31,37,39,43,46-48,50,52-54,57-59,61-76H2,1-4H3,(H,89,90)(H,91,92)/b13-9-,14-10-,25-21-,26-22-,35-32-,36-33-,40-38-,41-34-,44-42-,49-45-,55-51-,60-56-. The zero-order chi connectivity index (χ0) is 74.6. The molecular formula is C83H138O17P2. The van der Waals surface area contributed by atoms with Crippen LogP contribution < -0.4 is 0 Å². The number of rotatable bonds is 72. The first-order valence-corrected chi connectivity index (χ1v) is 42.1. The lowest BCUT2D eigenvalue weighted by Gasteiger charge is -2.21. The maximum Gasteiger partial charge on any atom is 0.472 e. The predicted molar refractivity (Wildman–Crippen MR) is 417 cm³/mol. The van der Waals surface area contributed by atoms with Crippen molar-refractivity contribution in [2.75, 3.05) is 39.6 Å². The molecule has 0 bridgehead atoms.